The van der Waals surface area contributed by atoms with Gasteiger partial charge in [-0.2, -0.15) is 0 Å². The van der Waals surface area contributed by atoms with E-state index in [1.165, 1.54) is 0 Å². The average Bonchev–Trinajstić information content (AvgIpc) is 2.15. The van der Waals surface area contributed by atoms with Crippen LogP contribution in [-0.2, 0) is 4.79 Å². The molecule has 0 unspecified atom stereocenters. The molecule has 0 bridgehead atoms. The zero-order chi connectivity index (χ0) is 9.68. The Morgan fingerprint density at radius 1 is 1.38 bits per heavy atom. The number of aliphatic carboxylic acids is 1. The Hall–Kier alpha value is -0.790. The number of hydrogen-bond donors (Lipinski definition) is 1. The fourth-order valence-corrected chi connectivity index (χ4v) is 1.89. The second kappa shape index (κ2) is 5.05. The standard InChI is InChI=1S/C11H18O2/c1-2-3-4-9-5-7-10(8-6-9)11(12)13/h3-4,9-10H,2,5-8H2,1H3,(H,12,13). The highest BCUT2D eigenvalue weighted by Crippen LogP contribution is 2.29. The Morgan fingerprint density at radius 2 is 2.00 bits per heavy atom. The maximum atomic E-state index is 10.7. The minimum absolute atomic E-state index is 0.0775. The summed E-state index contributed by atoms with van der Waals surface area (Å²) in [5.74, 6) is -0.0558. The van der Waals surface area contributed by atoms with Crippen LogP contribution in [0.25, 0.3) is 0 Å². The number of carboxylic acid groups (broad SMARTS) is 1. The van der Waals surface area contributed by atoms with Gasteiger partial charge in [0.2, 0.25) is 0 Å². The van der Waals surface area contributed by atoms with Gasteiger partial charge in [-0.25, -0.2) is 0 Å². The average molecular weight is 182 g/mol. The summed E-state index contributed by atoms with van der Waals surface area (Å²) >= 11 is 0. The molecule has 0 spiro atoms. The molecule has 1 N–H and O–H groups in total. The number of carboxylic acids is 1. The fraction of sp³-hybridized carbons (Fsp3) is 0.727. The van der Waals surface area contributed by atoms with Crippen LogP contribution in [-0.4, -0.2) is 11.1 Å². The first-order valence-electron chi connectivity index (χ1n) is 5.13. The highest BCUT2D eigenvalue weighted by Gasteiger charge is 2.24. The van der Waals surface area contributed by atoms with Crippen LogP contribution in [0.5, 0.6) is 0 Å². The molecule has 2 heteroatoms. The van der Waals surface area contributed by atoms with Crippen molar-refractivity contribution < 1.29 is 9.90 Å². The van der Waals surface area contributed by atoms with Crippen LogP contribution in [0.4, 0.5) is 0 Å². The Bertz CT molecular complexity index is 188. The van der Waals surface area contributed by atoms with Gasteiger partial charge in [-0.15, -0.1) is 0 Å². The molecule has 13 heavy (non-hydrogen) atoms. The second-order valence-electron chi connectivity index (χ2n) is 3.79. The van der Waals surface area contributed by atoms with Crippen LogP contribution < -0.4 is 0 Å². The van der Waals surface area contributed by atoms with Gasteiger partial charge in [-0.1, -0.05) is 19.1 Å². The van der Waals surface area contributed by atoms with Crippen molar-refractivity contribution in [1.29, 1.82) is 0 Å². The van der Waals surface area contributed by atoms with E-state index in [1.807, 2.05) is 0 Å². The van der Waals surface area contributed by atoms with Crippen LogP contribution in [0.1, 0.15) is 39.0 Å². The van der Waals surface area contributed by atoms with Crippen LogP contribution in [0.15, 0.2) is 12.2 Å². The first kappa shape index (κ1) is 10.3. The van der Waals surface area contributed by atoms with E-state index in [0.29, 0.717) is 5.92 Å². The molecule has 1 rings (SSSR count). The van der Waals surface area contributed by atoms with E-state index in [9.17, 15) is 4.79 Å². The number of carbonyl (C=O) groups is 1. The summed E-state index contributed by atoms with van der Waals surface area (Å²) in [6.45, 7) is 2.12. The third kappa shape index (κ3) is 3.21. The molecule has 2 nitrogen and oxygen atoms in total. The van der Waals surface area contributed by atoms with Crippen molar-refractivity contribution in [2.75, 3.05) is 0 Å². The van der Waals surface area contributed by atoms with Gasteiger partial charge in [0.15, 0.2) is 0 Å². The molecule has 0 saturated heterocycles. The minimum Gasteiger partial charge on any atom is -0.481 e. The van der Waals surface area contributed by atoms with Gasteiger partial charge in [0, 0.05) is 0 Å². The summed E-state index contributed by atoms with van der Waals surface area (Å²) < 4.78 is 0. The summed E-state index contributed by atoms with van der Waals surface area (Å²) in [6, 6.07) is 0. The molecule has 74 valence electrons. The number of rotatable bonds is 3. The minimum atomic E-state index is -0.613. The maximum Gasteiger partial charge on any atom is 0.306 e. The van der Waals surface area contributed by atoms with Crippen molar-refractivity contribution in [2.45, 2.75) is 39.0 Å². The van der Waals surface area contributed by atoms with E-state index in [0.717, 1.165) is 32.1 Å². The lowest BCUT2D eigenvalue weighted by atomic mass is 9.82. The molecule has 0 heterocycles. The lowest BCUT2D eigenvalue weighted by Crippen LogP contribution is -2.20. The van der Waals surface area contributed by atoms with Crippen LogP contribution >= 0.6 is 0 Å². The molecule has 0 aliphatic heterocycles. The van der Waals surface area contributed by atoms with Gasteiger partial charge < -0.3 is 5.11 Å². The van der Waals surface area contributed by atoms with Crippen molar-refractivity contribution in [2.24, 2.45) is 11.8 Å². The summed E-state index contributed by atoms with van der Waals surface area (Å²) in [5.41, 5.74) is 0. The molecule has 1 saturated carbocycles. The van der Waals surface area contributed by atoms with Crippen molar-refractivity contribution in [3.05, 3.63) is 12.2 Å². The van der Waals surface area contributed by atoms with Gasteiger partial charge in [-0.05, 0) is 38.0 Å². The van der Waals surface area contributed by atoms with E-state index < -0.39 is 5.97 Å². The second-order valence-corrected chi connectivity index (χ2v) is 3.79. The van der Waals surface area contributed by atoms with Gasteiger partial charge in [-0.3, -0.25) is 4.79 Å². The molecule has 0 aromatic heterocycles. The zero-order valence-corrected chi connectivity index (χ0v) is 8.20. The first-order chi connectivity index (χ1) is 6.24. The largest absolute Gasteiger partial charge is 0.481 e. The Balaban J connectivity index is 2.30. The van der Waals surface area contributed by atoms with E-state index >= 15 is 0 Å². The molecule has 0 atom stereocenters. The highest BCUT2D eigenvalue weighted by molar-refractivity contribution is 5.70. The smallest absolute Gasteiger partial charge is 0.306 e. The third-order valence-electron chi connectivity index (χ3n) is 2.77. The molecule has 0 amide bonds. The molecule has 0 aromatic carbocycles. The van der Waals surface area contributed by atoms with Crippen molar-refractivity contribution in [1.82, 2.24) is 0 Å². The van der Waals surface area contributed by atoms with Gasteiger partial charge in [0.1, 0.15) is 0 Å². The first-order valence-corrected chi connectivity index (χ1v) is 5.13. The van der Waals surface area contributed by atoms with Gasteiger partial charge in [0.25, 0.3) is 0 Å². The normalized spacial score (nSPS) is 29.3. The van der Waals surface area contributed by atoms with Crippen LogP contribution in [0.3, 0.4) is 0 Å². The lowest BCUT2D eigenvalue weighted by molar-refractivity contribution is -0.142. The van der Waals surface area contributed by atoms with Crippen molar-refractivity contribution in [3.8, 4) is 0 Å². The SMILES string of the molecule is CCC=CC1CCC(C(=O)O)CC1. The van der Waals surface area contributed by atoms with Crippen LogP contribution in [0, 0.1) is 11.8 Å². The topological polar surface area (TPSA) is 37.3 Å². The summed E-state index contributed by atoms with van der Waals surface area (Å²) in [5, 5.41) is 8.78. The van der Waals surface area contributed by atoms with Crippen LogP contribution in [0.2, 0.25) is 0 Å². The number of allylic oxidation sites excluding steroid dienone is 2. The molecule has 0 aromatic rings. The van der Waals surface area contributed by atoms with E-state index in [2.05, 4.69) is 19.1 Å². The molecule has 0 radical (unpaired) electrons. The predicted molar refractivity (Wildman–Crippen MR) is 52.5 cm³/mol. The molecule has 1 aliphatic carbocycles. The quantitative estimate of drug-likeness (QED) is 0.681. The summed E-state index contributed by atoms with van der Waals surface area (Å²) in [4.78, 5) is 10.7. The van der Waals surface area contributed by atoms with Gasteiger partial charge in [0.05, 0.1) is 5.92 Å². The lowest BCUT2D eigenvalue weighted by Gasteiger charge is -2.23. The Kier molecular flexibility index (Phi) is 4.00. The number of hydrogen-bond acceptors (Lipinski definition) is 1. The molecular weight excluding hydrogens is 164 g/mol. The highest BCUT2D eigenvalue weighted by atomic mass is 16.4. The summed E-state index contributed by atoms with van der Waals surface area (Å²) in [7, 11) is 0. The molecule has 1 aliphatic rings. The van der Waals surface area contributed by atoms with E-state index in [4.69, 9.17) is 5.11 Å². The summed E-state index contributed by atoms with van der Waals surface area (Å²) in [6.07, 6.45) is 9.33. The van der Waals surface area contributed by atoms with Crippen molar-refractivity contribution >= 4 is 5.97 Å². The maximum absolute atomic E-state index is 10.7. The molecule has 1 fully saturated rings. The third-order valence-corrected chi connectivity index (χ3v) is 2.77. The van der Waals surface area contributed by atoms with Gasteiger partial charge >= 0.3 is 5.97 Å². The van der Waals surface area contributed by atoms with E-state index in [-0.39, 0.29) is 5.92 Å². The predicted octanol–water partition coefficient (Wildman–Crippen LogP) is 2.84. The Labute approximate surface area is 79.6 Å². The van der Waals surface area contributed by atoms with Crippen molar-refractivity contribution in [3.63, 3.8) is 0 Å². The van der Waals surface area contributed by atoms with E-state index in [1.54, 1.807) is 0 Å². The monoisotopic (exact) mass is 182 g/mol. The Morgan fingerprint density at radius 3 is 2.46 bits per heavy atom. The zero-order valence-electron chi connectivity index (χ0n) is 8.20. The molecular formula is C11H18O2. The fourth-order valence-electron chi connectivity index (χ4n) is 1.89.